The highest BCUT2D eigenvalue weighted by atomic mass is 28.3. The Hall–Kier alpha value is -4.53. The van der Waals surface area contributed by atoms with E-state index in [-0.39, 0.29) is 25.5 Å². The van der Waals surface area contributed by atoms with Crippen LogP contribution >= 0.6 is 0 Å². The molecule has 0 aliphatic carbocycles. The molecule has 0 spiro atoms. The number of anilines is 2. The van der Waals surface area contributed by atoms with E-state index in [0.717, 1.165) is 24.9 Å². The van der Waals surface area contributed by atoms with Crippen molar-refractivity contribution in [3.05, 3.63) is 59.7 Å². The number of amides is 4. The van der Waals surface area contributed by atoms with Gasteiger partial charge in [-0.2, -0.15) is 0 Å². The molecular weight excluding hydrogens is 825 g/mol. The highest BCUT2D eigenvalue weighted by molar-refractivity contribution is 6.76. The molecule has 342 valence electrons. The maximum absolute atomic E-state index is 13.9. The molecule has 18 heteroatoms. The minimum Gasteiger partial charge on any atom is -0.444 e. The number of aromatic nitrogens is 4. The molecule has 4 heterocycles. The van der Waals surface area contributed by atoms with Gasteiger partial charge in [-0.15, -0.1) is 0 Å². The van der Waals surface area contributed by atoms with E-state index in [0.29, 0.717) is 73.6 Å². The highest BCUT2D eigenvalue weighted by Gasteiger charge is 2.38. The number of carbonyl (C=O) groups excluding carboxylic acids is 4. The Morgan fingerprint density at radius 3 is 1.31 bits per heavy atom. The van der Waals surface area contributed by atoms with Crippen LogP contribution in [0.1, 0.15) is 112 Å². The fourth-order valence-electron chi connectivity index (χ4n) is 7.19. The first-order chi connectivity index (χ1) is 28.9. The van der Waals surface area contributed by atoms with Gasteiger partial charge < -0.3 is 29.6 Å². The molecule has 16 nitrogen and oxygen atoms in total. The van der Waals surface area contributed by atoms with Crippen LogP contribution in [0, 0.1) is 0 Å². The molecule has 2 atom stereocenters. The Labute approximate surface area is 369 Å². The van der Waals surface area contributed by atoms with Gasteiger partial charge in [-0.25, -0.2) is 19.6 Å². The SMILES string of the molecule is CC(C)(C)OC(=O)N1CCC[C@H]1c1ncc(C(=O)Nc2ccc(NC(=O)c3cnc([C@@H]4CCCN4C(=O)OC(C)(C)C)n3COCC[Si](C)(C)C)cc2)n1COCC[Si](C)(C)C. The van der Waals surface area contributed by atoms with Gasteiger partial charge in [-0.3, -0.25) is 28.5 Å². The van der Waals surface area contributed by atoms with E-state index >= 15 is 0 Å². The molecule has 0 radical (unpaired) electrons. The molecule has 4 amide bonds. The van der Waals surface area contributed by atoms with Gasteiger partial charge >= 0.3 is 12.2 Å². The lowest BCUT2D eigenvalue weighted by Gasteiger charge is -2.29. The molecule has 2 aliphatic rings. The number of hydrogen-bond acceptors (Lipinski definition) is 10. The van der Waals surface area contributed by atoms with Crippen molar-refractivity contribution in [3.63, 3.8) is 0 Å². The van der Waals surface area contributed by atoms with E-state index in [9.17, 15) is 19.2 Å². The zero-order valence-electron chi connectivity index (χ0n) is 39.1. The number of likely N-dealkylation sites (tertiary alicyclic amines) is 2. The van der Waals surface area contributed by atoms with Gasteiger partial charge in [-0.05, 0) is 104 Å². The summed E-state index contributed by atoms with van der Waals surface area (Å²) in [4.78, 5) is 67.0. The fraction of sp³-hybridized carbons (Fsp3) is 0.636. The monoisotopic (exact) mass is 894 g/mol. The van der Waals surface area contributed by atoms with E-state index in [1.165, 1.54) is 12.4 Å². The second kappa shape index (κ2) is 19.9. The lowest BCUT2D eigenvalue weighted by atomic mass is 10.2. The standard InChI is InChI=1S/C44H70N8O8Si2/c1-43(2,3)59-41(55)49-21-13-15-33(49)37-45-27-35(51(37)29-57-23-25-61(7,8)9)39(53)47-31-17-19-32(20-18-31)48-40(54)36-28-46-38(52(36)30-58-24-26-62(10,11)12)34-16-14-22-50(34)42(56)60-44(4,5)6/h17-20,27-28,33-34H,13-16,21-26,29-30H2,1-12H3,(H,47,53)(H,48,54)/t33-,34-/m0/s1. The molecular formula is C44H70N8O8Si2. The third-order valence-electron chi connectivity index (χ3n) is 10.4. The Bertz CT molecular complexity index is 1880. The summed E-state index contributed by atoms with van der Waals surface area (Å²) in [6.45, 7) is 27.1. The summed E-state index contributed by atoms with van der Waals surface area (Å²) < 4.78 is 27.2. The molecule has 3 aromatic rings. The quantitative estimate of drug-likeness (QED) is 0.104. The van der Waals surface area contributed by atoms with Gasteiger partial charge in [0, 0.05) is 53.8 Å². The van der Waals surface area contributed by atoms with Crippen LogP contribution in [0.4, 0.5) is 21.0 Å². The topological polar surface area (TPSA) is 171 Å². The second-order valence-corrected chi connectivity index (χ2v) is 31.9. The summed E-state index contributed by atoms with van der Waals surface area (Å²) in [6.07, 6.45) is 5.13. The van der Waals surface area contributed by atoms with Gasteiger partial charge in [0.05, 0.1) is 24.5 Å². The van der Waals surface area contributed by atoms with Crippen LogP contribution in [-0.2, 0) is 32.4 Å². The number of imidazole rings is 2. The first kappa shape index (κ1) is 48.5. The summed E-state index contributed by atoms with van der Waals surface area (Å²) in [7, 11) is -2.74. The zero-order chi connectivity index (χ0) is 45.6. The van der Waals surface area contributed by atoms with E-state index < -0.39 is 51.4 Å². The van der Waals surface area contributed by atoms with Crippen LogP contribution in [0.15, 0.2) is 36.7 Å². The van der Waals surface area contributed by atoms with Gasteiger partial charge in [-0.1, -0.05) is 39.3 Å². The Balaban J connectivity index is 1.32. The average Bonchev–Trinajstić information content (AvgIpc) is 3.96. The van der Waals surface area contributed by atoms with E-state index in [4.69, 9.17) is 18.9 Å². The molecule has 0 bridgehead atoms. The van der Waals surface area contributed by atoms with Crippen LogP contribution in [0.2, 0.25) is 51.4 Å². The Morgan fingerprint density at radius 2 is 0.984 bits per heavy atom. The summed E-state index contributed by atoms with van der Waals surface area (Å²) in [5, 5.41) is 5.94. The summed E-state index contributed by atoms with van der Waals surface area (Å²) >= 11 is 0. The van der Waals surface area contributed by atoms with Gasteiger partial charge in [0.1, 0.15) is 47.7 Å². The molecule has 0 unspecified atom stereocenters. The highest BCUT2D eigenvalue weighted by Crippen LogP contribution is 2.35. The van der Waals surface area contributed by atoms with Crippen LogP contribution in [0.25, 0.3) is 0 Å². The maximum atomic E-state index is 13.9. The van der Waals surface area contributed by atoms with Gasteiger partial charge in [0.15, 0.2) is 0 Å². The number of carbonyl (C=O) groups is 4. The van der Waals surface area contributed by atoms with Crippen molar-refractivity contribution in [2.45, 2.75) is 155 Å². The number of nitrogens with zero attached hydrogens (tertiary/aromatic N) is 6. The molecule has 1 aromatic carbocycles. The van der Waals surface area contributed by atoms with Crippen molar-refractivity contribution in [1.82, 2.24) is 28.9 Å². The van der Waals surface area contributed by atoms with E-state index in [1.807, 2.05) is 41.5 Å². The van der Waals surface area contributed by atoms with Gasteiger partial charge in [0.25, 0.3) is 11.8 Å². The third kappa shape index (κ3) is 13.7. The average molecular weight is 895 g/mol. The van der Waals surface area contributed by atoms with Crippen LogP contribution < -0.4 is 10.6 Å². The number of nitrogens with one attached hydrogen (secondary N) is 2. The molecule has 2 saturated heterocycles. The third-order valence-corrected chi connectivity index (χ3v) is 13.8. The van der Waals surface area contributed by atoms with Crippen molar-refractivity contribution in [2.24, 2.45) is 0 Å². The Kier molecular flexibility index (Phi) is 15.6. The molecule has 0 saturated carbocycles. The minimum absolute atomic E-state index is 0.105. The Morgan fingerprint density at radius 1 is 0.629 bits per heavy atom. The molecule has 2 fully saturated rings. The van der Waals surface area contributed by atoms with E-state index in [2.05, 4.69) is 59.9 Å². The summed E-state index contributed by atoms with van der Waals surface area (Å²) in [5.74, 6) is 0.348. The first-order valence-corrected chi connectivity index (χ1v) is 29.3. The lowest BCUT2D eigenvalue weighted by molar-refractivity contribution is 0.0194. The van der Waals surface area contributed by atoms with Crippen molar-refractivity contribution in [2.75, 3.05) is 36.9 Å². The lowest BCUT2D eigenvalue weighted by Crippen LogP contribution is -2.37. The van der Waals surface area contributed by atoms with Crippen LogP contribution in [0.3, 0.4) is 0 Å². The number of hydrogen-bond donors (Lipinski definition) is 2. The summed E-state index contributed by atoms with van der Waals surface area (Å²) in [5.41, 5.74) is 0.294. The molecule has 5 rings (SSSR count). The fourth-order valence-corrected chi connectivity index (χ4v) is 8.70. The van der Waals surface area contributed by atoms with Crippen molar-refractivity contribution in [1.29, 1.82) is 0 Å². The number of benzene rings is 1. The zero-order valence-corrected chi connectivity index (χ0v) is 41.1. The van der Waals surface area contributed by atoms with E-state index in [1.54, 1.807) is 43.2 Å². The number of ether oxygens (including phenoxy) is 4. The summed E-state index contributed by atoms with van der Waals surface area (Å²) in [6, 6.07) is 8.00. The number of rotatable bonds is 16. The molecule has 62 heavy (non-hydrogen) atoms. The predicted octanol–water partition coefficient (Wildman–Crippen LogP) is 9.35. The van der Waals surface area contributed by atoms with Crippen LogP contribution in [0.5, 0.6) is 0 Å². The minimum atomic E-state index is -1.37. The largest absolute Gasteiger partial charge is 0.444 e. The predicted molar refractivity (Wildman–Crippen MR) is 245 cm³/mol. The molecule has 2 aromatic heterocycles. The smallest absolute Gasteiger partial charge is 0.410 e. The molecule has 2 aliphatic heterocycles. The van der Waals surface area contributed by atoms with Crippen LogP contribution in [-0.4, -0.2) is 107 Å². The van der Waals surface area contributed by atoms with Crippen molar-refractivity contribution < 1.29 is 38.1 Å². The first-order valence-electron chi connectivity index (χ1n) is 21.9. The van der Waals surface area contributed by atoms with Crippen molar-refractivity contribution >= 4 is 51.5 Å². The second-order valence-electron chi connectivity index (χ2n) is 20.7. The maximum Gasteiger partial charge on any atom is 0.410 e. The van der Waals surface area contributed by atoms with Crippen molar-refractivity contribution in [3.8, 4) is 0 Å². The normalized spacial score (nSPS) is 17.4. The van der Waals surface area contributed by atoms with Gasteiger partial charge in [0.2, 0.25) is 0 Å². The molecule has 2 N–H and O–H groups in total.